The van der Waals surface area contributed by atoms with Crippen LogP contribution >= 0.6 is 0 Å². The number of para-hydroxylation sites is 1. The van der Waals surface area contributed by atoms with Crippen LogP contribution in [0.2, 0.25) is 0 Å². The summed E-state index contributed by atoms with van der Waals surface area (Å²) < 4.78 is 5.91. The molecule has 2 heteroatoms. The summed E-state index contributed by atoms with van der Waals surface area (Å²) >= 11 is 0. The summed E-state index contributed by atoms with van der Waals surface area (Å²) in [4.78, 5) is 0. The summed E-state index contributed by atoms with van der Waals surface area (Å²) in [6.45, 7) is 0. The van der Waals surface area contributed by atoms with Gasteiger partial charge in [-0.15, -0.1) is 0 Å². The van der Waals surface area contributed by atoms with Gasteiger partial charge in [0.1, 0.15) is 11.2 Å². The Hall–Kier alpha value is -2.48. The molecule has 0 fully saturated rings. The van der Waals surface area contributed by atoms with Crippen LogP contribution < -0.4 is 5.32 Å². The van der Waals surface area contributed by atoms with Crippen molar-refractivity contribution in [3.63, 3.8) is 0 Å². The van der Waals surface area contributed by atoms with E-state index in [1.807, 2.05) is 18.2 Å². The fourth-order valence-electron chi connectivity index (χ4n) is 2.70. The molecule has 0 radical (unpaired) electrons. The first-order chi connectivity index (χ1) is 9.90. The van der Waals surface area contributed by atoms with Crippen LogP contribution in [-0.2, 0) is 0 Å². The molecule has 98 valence electrons. The molecule has 4 rings (SSSR count). The lowest BCUT2D eigenvalue weighted by molar-refractivity contribution is 0.669. The van der Waals surface area contributed by atoms with Crippen molar-refractivity contribution < 1.29 is 4.42 Å². The van der Waals surface area contributed by atoms with Gasteiger partial charge in [0.15, 0.2) is 0 Å². The minimum atomic E-state index is 0.933. The Morgan fingerprint density at radius 3 is 2.75 bits per heavy atom. The first-order valence-corrected chi connectivity index (χ1v) is 6.94. The van der Waals surface area contributed by atoms with Crippen molar-refractivity contribution >= 4 is 27.6 Å². The summed E-state index contributed by atoms with van der Waals surface area (Å²) in [7, 11) is 0. The highest BCUT2D eigenvalue weighted by Gasteiger charge is 2.07. The Balaban J connectivity index is 1.76. The number of hydrogen-bond donors (Lipinski definition) is 1. The monoisotopic (exact) mass is 261 g/mol. The quantitative estimate of drug-likeness (QED) is 0.683. The van der Waals surface area contributed by atoms with Crippen LogP contribution in [0.1, 0.15) is 12.8 Å². The van der Waals surface area contributed by atoms with E-state index in [9.17, 15) is 0 Å². The molecule has 1 aliphatic rings. The van der Waals surface area contributed by atoms with Crippen molar-refractivity contribution in [1.82, 2.24) is 0 Å². The Morgan fingerprint density at radius 2 is 1.85 bits per heavy atom. The number of allylic oxidation sites excluding steroid dienone is 4. The standard InChI is InChI=1S/C18H15NO/c1-2-6-13(7-3-1)19-14-10-11-16-15-8-4-5-9-17(15)20-18(16)12-14/h1-2,4-6,8-12,19H,3,7H2. The van der Waals surface area contributed by atoms with Crippen LogP contribution in [0.5, 0.6) is 0 Å². The summed E-state index contributed by atoms with van der Waals surface area (Å²) in [5.41, 5.74) is 4.21. The van der Waals surface area contributed by atoms with Gasteiger partial charge in [0, 0.05) is 28.2 Å². The van der Waals surface area contributed by atoms with E-state index in [1.165, 1.54) is 16.5 Å². The third-order valence-corrected chi connectivity index (χ3v) is 3.70. The van der Waals surface area contributed by atoms with Gasteiger partial charge in [0.25, 0.3) is 0 Å². The molecule has 1 aromatic heterocycles. The predicted molar refractivity (Wildman–Crippen MR) is 83.8 cm³/mol. The van der Waals surface area contributed by atoms with Gasteiger partial charge in [-0.05, 0) is 37.1 Å². The molecule has 0 saturated carbocycles. The number of hydrogen-bond acceptors (Lipinski definition) is 2. The van der Waals surface area contributed by atoms with Crippen molar-refractivity contribution in [3.05, 3.63) is 66.4 Å². The fraction of sp³-hybridized carbons (Fsp3) is 0.111. The molecule has 1 aliphatic carbocycles. The molecule has 0 bridgehead atoms. The van der Waals surface area contributed by atoms with Gasteiger partial charge in [-0.3, -0.25) is 0 Å². The minimum Gasteiger partial charge on any atom is -0.456 e. The zero-order chi connectivity index (χ0) is 13.4. The summed E-state index contributed by atoms with van der Waals surface area (Å²) in [6.07, 6.45) is 8.59. The van der Waals surface area contributed by atoms with E-state index < -0.39 is 0 Å². The van der Waals surface area contributed by atoms with E-state index in [-0.39, 0.29) is 0 Å². The van der Waals surface area contributed by atoms with E-state index in [1.54, 1.807) is 0 Å². The molecule has 2 aromatic carbocycles. The summed E-state index contributed by atoms with van der Waals surface area (Å²) in [5.74, 6) is 0. The van der Waals surface area contributed by atoms with E-state index in [0.717, 1.165) is 29.7 Å². The Kier molecular flexibility index (Phi) is 2.59. The second kappa shape index (κ2) is 4.57. The zero-order valence-electron chi connectivity index (χ0n) is 11.1. The second-order valence-corrected chi connectivity index (χ2v) is 5.09. The molecule has 0 spiro atoms. The average molecular weight is 261 g/mol. The fourth-order valence-corrected chi connectivity index (χ4v) is 2.70. The van der Waals surface area contributed by atoms with Gasteiger partial charge < -0.3 is 9.73 Å². The molecule has 1 heterocycles. The maximum Gasteiger partial charge on any atom is 0.137 e. The summed E-state index contributed by atoms with van der Waals surface area (Å²) in [6, 6.07) is 14.5. The molecule has 0 unspecified atom stereocenters. The van der Waals surface area contributed by atoms with Crippen LogP contribution in [0.4, 0.5) is 5.69 Å². The highest BCUT2D eigenvalue weighted by atomic mass is 16.3. The maximum absolute atomic E-state index is 5.91. The van der Waals surface area contributed by atoms with Gasteiger partial charge in [0.2, 0.25) is 0 Å². The number of nitrogens with one attached hydrogen (secondary N) is 1. The van der Waals surface area contributed by atoms with Crippen molar-refractivity contribution in [2.45, 2.75) is 12.8 Å². The number of benzene rings is 2. The molecule has 0 aliphatic heterocycles. The molecule has 1 N–H and O–H groups in total. The van der Waals surface area contributed by atoms with Crippen molar-refractivity contribution in [2.24, 2.45) is 0 Å². The van der Waals surface area contributed by atoms with E-state index >= 15 is 0 Å². The predicted octanol–water partition coefficient (Wildman–Crippen LogP) is 5.23. The van der Waals surface area contributed by atoms with Gasteiger partial charge in [-0.25, -0.2) is 0 Å². The molecule has 2 nitrogen and oxygen atoms in total. The third kappa shape index (κ3) is 1.90. The molecule has 0 saturated heterocycles. The third-order valence-electron chi connectivity index (χ3n) is 3.70. The normalized spacial score (nSPS) is 14.7. The van der Waals surface area contributed by atoms with E-state index in [2.05, 4.69) is 47.8 Å². The Bertz CT molecular complexity index is 839. The average Bonchev–Trinajstić information content (AvgIpc) is 2.86. The highest BCUT2D eigenvalue weighted by molar-refractivity contribution is 6.05. The Labute approximate surface area is 117 Å². The number of fused-ring (bicyclic) bond motifs is 3. The SMILES string of the molecule is C1=CCCC(Nc2ccc3c(c2)oc2ccccc23)=C1. The number of rotatable bonds is 2. The second-order valence-electron chi connectivity index (χ2n) is 5.09. The molecular formula is C18H15NO. The van der Waals surface area contributed by atoms with Crippen LogP contribution in [0.3, 0.4) is 0 Å². The number of anilines is 1. The smallest absolute Gasteiger partial charge is 0.137 e. The van der Waals surface area contributed by atoms with Crippen molar-refractivity contribution in [2.75, 3.05) is 5.32 Å². The lowest BCUT2D eigenvalue weighted by Crippen LogP contribution is -2.00. The van der Waals surface area contributed by atoms with E-state index in [4.69, 9.17) is 4.42 Å². The largest absolute Gasteiger partial charge is 0.456 e. The first kappa shape index (κ1) is 11.4. The highest BCUT2D eigenvalue weighted by Crippen LogP contribution is 2.30. The summed E-state index contributed by atoms with van der Waals surface area (Å²) in [5, 5.41) is 5.81. The zero-order valence-corrected chi connectivity index (χ0v) is 11.1. The maximum atomic E-state index is 5.91. The van der Waals surface area contributed by atoms with Crippen molar-refractivity contribution in [3.8, 4) is 0 Å². The van der Waals surface area contributed by atoms with Crippen LogP contribution in [0, 0.1) is 0 Å². The molecule has 20 heavy (non-hydrogen) atoms. The molecule has 0 amide bonds. The van der Waals surface area contributed by atoms with Crippen LogP contribution in [0.15, 0.2) is 70.8 Å². The van der Waals surface area contributed by atoms with Crippen molar-refractivity contribution in [1.29, 1.82) is 0 Å². The molecule has 0 atom stereocenters. The molecular weight excluding hydrogens is 246 g/mol. The first-order valence-electron chi connectivity index (χ1n) is 6.94. The Morgan fingerprint density at radius 1 is 0.950 bits per heavy atom. The van der Waals surface area contributed by atoms with E-state index in [0.29, 0.717) is 0 Å². The van der Waals surface area contributed by atoms with Gasteiger partial charge in [0.05, 0.1) is 0 Å². The minimum absolute atomic E-state index is 0.933. The lowest BCUT2D eigenvalue weighted by atomic mass is 10.1. The van der Waals surface area contributed by atoms with Crippen LogP contribution in [0.25, 0.3) is 21.9 Å². The molecule has 3 aromatic rings. The topological polar surface area (TPSA) is 25.2 Å². The lowest BCUT2D eigenvalue weighted by Gasteiger charge is -2.11. The van der Waals surface area contributed by atoms with Gasteiger partial charge in [-0.2, -0.15) is 0 Å². The van der Waals surface area contributed by atoms with Gasteiger partial charge in [-0.1, -0.05) is 30.4 Å². The van der Waals surface area contributed by atoms with Gasteiger partial charge >= 0.3 is 0 Å². The number of furan rings is 1. The van der Waals surface area contributed by atoms with Crippen LogP contribution in [-0.4, -0.2) is 0 Å².